The smallest absolute Gasteiger partial charge is 0.100 e. The standard InChI is InChI=1S/C8H10N2OS/c9-3-6-4-12-5-7(6)8(10)1-2-11/h4-5,8,11H,1-2,10H2. The van der Waals surface area contributed by atoms with E-state index in [0.717, 1.165) is 5.56 Å². The van der Waals surface area contributed by atoms with Crippen LogP contribution in [0.25, 0.3) is 0 Å². The summed E-state index contributed by atoms with van der Waals surface area (Å²) in [5.74, 6) is 0. The molecule has 1 heterocycles. The molecule has 1 aromatic heterocycles. The third-order valence-corrected chi connectivity index (χ3v) is 2.41. The summed E-state index contributed by atoms with van der Waals surface area (Å²) in [6.07, 6.45) is 0.505. The Morgan fingerprint density at radius 3 is 3.00 bits per heavy atom. The molecule has 0 saturated heterocycles. The lowest BCUT2D eigenvalue weighted by Crippen LogP contribution is -2.12. The van der Waals surface area contributed by atoms with Gasteiger partial charge >= 0.3 is 0 Å². The second-order valence-electron chi connectivity index (χ2n) is 2.47. The lowest BCUT2D eigenvalue weighted by Gasteiger charge is -2.07. The molecule has 0 saturated carbocycles. The number of nitrogens with zero attached hydrogens (tertiary/aromatic N) is 1. The molecule has 0 aliphatic rings. The zero-order chi connectivity index (χ0) is 8.97. The van der Waals surface area contributed by atoms with Crippen LogP contribution in [-0.4, -0.2) is 11.7 Å². The van der Waals surface area contributed by atoms with Crippen LogP contribution in [0.5, 0.6) is 0 Å². The Kier molecular flexibility index (Phi) is 3.23. The Morgan fingerprint density at radius 2 is 2.42 bits per heavy atom. The number of aliphatic hydroxyl groups is 1. The first kappa shape index (κ1) is 9.20. The van der Waals surface area contributed by atoms with Gasteiger partial charge in [-0.1, -0.05) is 0 Å². The Labute approximate surface area is 75.1 Å². The summed E-state index contributed by atoms with van der Waals surface area (Å²) in [6.45, 7) is 0.0574. The van der Waals surface area contributed by atoms with Crippen LogP contribution in [0.4, 0.5) is 0 Å². The summed E-state index contributed by atoms with van der Waals surface area (Å²) in [5.41, 5.74) is 7.19. The predicted molar refractivity (Wildman–Crippen MR) is 47.7 cm³/mol. The normalized spacial score (nSPS) is 12.4. The van der Waals surface area contributed by atoms with Crippen molar-refractivity contribution in [3.05, 3.63) is 21.9 Å². The first-order chi connectivity index (χ1) is 5.79. The van der Waals surface area contributed by atoms with E-state index in [1.54, 1.807) is 5.38 Å². The lowest BCUT2D eigenvalue weighted by molar-refractivity contribution is 0.276. The van der Waals surface area contributed by atoms with Crippen LogP contribution in [-0.2, 0) is 0 Å². The third kappa shape index (κ3) is 1.83. The maximum atomic E-state index is 8.66. The highest BCUT2D eigenvalue weighted by Gasteiger charge is 2.10. The maximum Gasteiger partial charge on any atom is 0.100 e. The van der Waals surface area contributed by atoms with Crippen LogP contribution in [0.3, 0.4) is 0 Å². The highest BCUT2D eigenvalue weighted by Crippen LogP contribution is 2.21. The van der Waals surface area contributed by atoms with Crippen LogP contribution >= 0.6 is 11.3 Å². The van der Waals surface area contributed by atoms with Gasteiger partial charge in [-0.25, -0.2) is 0 Å². The average Bonchev–Trinajstić information content (AvgIpc) is 2.51. The molecule has 0 aromatic carbocycles. The van der Waals surface area contributed by atoms with Gasteiger partial charge in [0.25, 0.3) is 0 Å². The van der Waals surface area contributed by atoms with Gasteiger partial charge in [0.1, 0.15) is 6.07 Å². The average molecular weight is 182 g/mol. The summed E-state index contributed by atoms with van der Waals surface area (Å²) in [7, 11) is 0. The summed E-state index contributed by atoms with van der Waals surface area (Å²) in [4.78, 5) is 0. The predicted octanol–water partition coefficient (Wildman–Crippen LogP) is 1.00. The molecule has 0 spiro atoms. The van der Waals surface area contributed by atoms with Crippen molar-refractivity contribution in [3.8, 4) is 6.07 Å². The molecule has 3 N–H and O–H groups in total. The molecule has 0 radical (unpaired) electrons. The van der Waals surface area contributed by atoms with Gasteiger partial charge in [-0.3, -0.25) is 0 Å². The van der Waals surface area contributed by atoms with Crippen molar-refractivity contribution in [3.63, 3.8) is 0 Å². The van der Waals surface area contributed by atoms with Gasteiger partial charge in [0.05, 0.1) is 5.56 Å². The summed E-state index contributed by atoms with van der Waals surface area (Å²) >= 11 is 1.46. The fourth-order valence-corrected chi connectivity index (χ4v) is 1.82. The second kappa shape index (κ2) is 4.21. The SMILES string of the molecule is N#Cc1cscc1C(N)CCO. The van der Waals surface area contributed by atoms with E-state index < -0.39 is 0 Å². The first-order valence-corrected chi connectivity index (χ1v) is 4.56. The van der Waals surface area contributed by atoms with E-state index in [1.165, 1.54) is 11.3 Å². The minimum Gasteiger partial charge on any atom is -0.396 e. The molecule has 1 rings (SSSR count). The van der Waals surface area contributed by atoms with Crippen molar-refractivity contribution in [2.45, 2.75) is 12.5 Å². The molecule has 1 atom stereocenters. The summed E-state index contributed by atoms with van der Waals surface area (Å²) in [5, 5.41) is 20.9. The summed E-state index contributed by atoms with van der Waals surface area (Å²) in [6, 6.07) is 1.85. The van der Waals surface area contributed by atoms with E-state index in [-0.39, 0.29) is 12.6 Å². The largest absolute Gasteiger partial charge is 0.396 e. The van der Waals surface area contributed by atoms with Gasteiger partial charge in [0, 0.05) is 18.0 Å². The van der Waals surface area contributed by atoms with E-state index in [2.05, 4.69) is 6.07 Å². The number of hydrogen-bond donors (Lipinski definition) is 2. The topological polar surface area (TPSA) is 70.0 Å². The van der Waals surface area contributed by atoms with E-state index in [0.29, 0.717) is 12.0 Å². The van der Waals surface area contributed by atoms with Gasteiger partial charge in [-0.2, -0.15) is 16.6 Å². The van der Waals surface area contributed by atoms with E-state index in [4.69, 9.17) is 16.1 Å². The molecule has 1 unspecified atom stereocenters. The lowest BCUT2D eigenvalue weighted by atomic mass is 10.1. The number of nitrogens with two attached hydrogens (primary N) is 1. The molecule has 1 aromatic rings. The monoisotopic (exact) mass is 182 g/mol. The van der Waals surface area contributed by atoms with Crippen molar-refractivity contribution in [1.29, 1.82) is 5.26 Å². The number of hydrogen-bond acceptors (Lipinski definition) is 4. The molecule has 0 bridgehead atoms. The van der Waals surface area contributed by atoms with Gasteiger partial charge < -0.3 is 10.8 Å². The third-order valence-electron chi connectivity index (χ3n) is 1.65. The van der Waals surface area contributed by atoms with E-state index >= 15 is 0 Å². The Hall–Kier alpha value is -0.890. The first-order valence-electron chi connectivity index (χ1n) is 3.62. The number of aliphatic hydroxyl groups excluding tert-OH is 1. The van der Waals surface area contributed by atoms with Gasteiger partial charge in [-0.15, -0.1) is 0 Å². The van der Waals surface area contributed by atoms with Gasteiger partial charge in [0.2, 0.25) is 0 Å². The highest BCUT2D eigenvalue weighted by atomic mass is 32.1. The van der Waals surface area contributed by atoms with Gasteiger partial charge in [0.15, 0.2) is 0 Å². The minimum absolute atomic E-state index is 0.0574. The molecule has 0 fully saturated rings. The van der Waals surface area contributed by atoms with E-state index in [9.17, 15) is 0 Å². The number of rotatable bonds is 3. The molecular formula is C8H10N2OS. The molecular weight excluding hydrogens is 172 g/mol. The molecule has 0 aliphatic heterocycles. The summed E-state index contributed by atoms with van der Waals surface area (Å²) < 4.78 is 0. The number of thiophene rings is 1. The Balaban J connectivity index is 2.80. The van der Waals surface area contributed by atoms with Crippen molar-refractivity contribution in [1.82, 2.24) is 0 Å². The van der Waals surface area contributed by atoms with Gasteiger partial charge in [-0.05, 0) is 17.4 Å². The molecule has 3 nitrogen and oxygen atoms in total. The number of nitriles is 1. The van der Waals surface area contributed by atoms with Crippen molar-refractivity contribution in [2.75, 3.05) is 6.61 Å². The molecule has 4 heteroatoms. The van der Waals surface area contributed by atoms with Crippen molar-refractivity contribution >= 4 is 11.3 Å². The van der Waals surface area contributed by atoms with Crippen LogP contribution in [0.2, 0.25) is 0 Å². The van der Waals surface area contributed by atoms with Crippen LogP contribution in [0, 0.1) is 11.3 Å². The maximum absolute atomic E-state index is 8.66. The molecule has 0 amide bonds. The fraction of sp³-hybridized carbons (Fsp3) is 0.375. The van der Waals surface area contributed by atoms with Crippen LogP contribution in [0.1, 0.15) is 23.6 Å². The van der Waals surface area contributed by atoms with Crippen LogP contribution in [0.15, 0.2) is 10.8 Å². The highest BCUT2D eigenvalue weighted by molar-refractivity contribution is 7.08. The fourth-order valence-electron chi connectivity index (χ4n) is 0.980. The van der Waals surface area contributed by atoms with Crippen molar-refractivity contribution < 1.29 is 5.11 Å². The quantitative estimate of drug-likeness (QED) is 0.732. The minimum atomic E-state index is -0.212. The zero-order valence-electron chi connectivity index (χ0n) is 6.53. The zero-order valence-corrected chi connectivity index (χ0v) is 7.34. The Morgan fingerprint density at radius 1 is 1.67 bits per heavy atom. The molecule has 64 valence electrons. The van der Waals surface area contributed by atoms with E-state index in [1.807, 2.05) is 5.38 Å². The van der Waals surface area contributed by atoms with Crippen molar-refractivity contribution in [2.24, 2.45) is 5.73 Å². The molecule has 12 heavy (non-hydrogen) atoms. The second-order valence-corrected chi connectivity index (χ2v) is 3.21. The molecule has 0 aliphatic carbocycles. The Bertz CT molecular complexity index is 289. The van der Waals surface area contributed by atoms with Crippen LogP contribution < -0.4 is 5.73 Å².